The second-order valence-electron chi connectivity index (χ2n) is 6.24. The number of aromatic nitrogens is 1. The lowest BCUT2D eigenvalue weighted by molar-refractivity contribution is 0.0686. The van der Waals surface area contributed by atoms with Gasteiger partial charge in [0.05, 0.1) is 5.56 Å². The zero-order chi connectivity index (χ0) is 19.4. The van der Waals surface area contributed by atoms with Gasteiger partial charge in [-0.2, -0.15) is 5.26 Å². The molecule has 0 spiro atoms. The molecule has 1 heterocycles. The molecule has 0 radical (unpaired) electrons. The highest BCUT2D eigenvalue weighted by atomic mass is 16.4. The van der Waals surface area contributed by atoms with Crippen molar-refractivity contribution in [1.82, 2.24) is 4.57 Å². The van der Waals surface area contributed by atoms with Gasteiger partial charge >= 0.3 is 5.97 Å². The Morgan fingerprint density at radius 2 is 1.85 bits per heavy atom. The number of benzene rings is 1. The molecule has 26 heavy (non-hydrogen) atoms. The van der Waals surface area contributed by atoms with E-state index in [0.717, 1.165) is 22.3 Å². The maximum Gasteiger partial charge on any atom is 0.353 e. The molecule has 0 saturated carbocycles. The predicted molar refractivity (Wildman–Crippen MR) is 105 cm³/mol. The molecule has 0 bridgehead atoms. The maximum absolute atomic E-state index is 11.6. The third kappa shape index (κ3) is 3.52. The zero-order valence-corrected chi connectivity index (χ0v) is 15.5. The average molecular weight is 346 g/mol. The van der Waals surface area contributed by atoms with Crippen molar-refractivity contribution in [3.8, 4) is 6.07 Å². The molecule has 0 aliphatic rings. The number of aromatic carboxylic acids is 1. The first-order valence-electron chi connectivity index (χ1n) is 8.22. The average Bonchev–Trinajstić information content (AvgIpc) is 2.93. The van der Waals surface area contributed by atoms with Gasteiger partial charge in [0.15, 0.2) is 0 Å². The van der Waals surface area contributed by atoms with E-state index in [0.29, 0.717) is 16.7 Å². The van der Waals surface area contributed by atoms with Gasteiger partial charge in [0.25, 0.3) is 0 Å². The number of carboxylic acid groups (broad SMARTS) is 1. The molecule has 2 rings (SSSR count). The van der Waals surface area contributed by atoms with E-state index < -0.39 is 5.97 Å². The topological polar surface area (TPSA) is 66.0 Å². The van der Waals surface area contributed by atoms with Crippen LogP contribution in [0.3, 0.4) is 0 Å². The first-order valence-corrected chi connectivity index (χ1v) is 8.22. The van der Waals surface area contributed by atoms with E-state index in [9.17, 15) is 15.2 Å². The number of allylic oxidation sites excluding steroid dienone is 5. The Balaban J connectivity index is 2.60. The van der Waals surface area contributed by atoms with Crippen molar-refractivity contribution in [3.63, 3.8) is 0 Å². The number of carboxylic acids is 1. The number of hydrogen-bond acceptors (Lipinski definition) is 2. The highest BCUT2D eigenvalue weighted by molar-refractivity contribution is 5.94. The summed E-state index contributed by atoms with van der Waals surface area (Å²) in [5, 5.41) is 18.8. The maximum atomic E-state index is 11.6. The minimum Gasteiger partial charge on any atom is -0.477 e. The van der Waals surface area contributed by atoms with Crippen LogP contribution >= 0.6 is 0 Å². The van der Waals surface area contributed by atoms with Crippen molar-refractivity contribution in [1.29, 1.82) is 5.26 Å². The van der Waals surface area contributed by atoms with E-state index in [-0.39, 0.29) is 5.69 Å². The van der Waals surface area contributed by atoms with Crippen molar-refractivity contribution < 1.29 is 9.90 Å². The highest BCUT2D eigenvalue weighted by Crippen LogP contribution is 2.27. The van der Waals surface area contributed by atoms with Crippen LogP contribution < -0.4 is 0 Å². The Kier molecular flexibility index (Phi) is 5.64. The molecule has 2 aromatic rings. The van der Waals surface area contributed by atoms with Crippen LogP contribution in [0.15, 0.2) is 49.2 Å². The molecule has 1 aromatic heterocycles. The number of carbonyl (C=O) groups is 1. The van der Waals surface area contributed by atoms with Crippen LogP contribution in [-0.4, -0.2) is 15.6 Å². The number of hydrogen-bond donors (Lipinski definition) is 1. The monoisotopic (exact) mass is 346 g/mol. The Morgan fingerprint density at radius 1 is 1.23 bits per heavy atom. The van der Waals surface area contributed by atoms with Crippen LogP contribution in [0.25, 0.3) is 11.1 Å². The quantitative estimate of drug-likeness (QED) is 0.784. The largest absolute Gasteiger partial charge is 0.477 e. The summed E-state index contributed by atoms with van der Waals surface area (Å²) in [6.07, 6.45) is 7.08. The van der Waals surface area contributed by atoms with Crippen molar-refractivity contribution in [2.24, 2.45) is 7.05 Å². The van der Waals surface area contributed by atoms with Gasteiger partial charge in [-0.3, -0.25) is 0 Å². The first-order chi connectivity index (χ1) is 12.3. The first kappa shape index (κ1) is 19.0. The highest BCUT2D eigenvalue weighted by Gasteiger charge is 2.20. The Bertz CT molecular complexity index is 962. The van der Waals surface area contributed by atoms with Crippen LogP contribution in [0.4, 0.5) is 0 Å². The summed E-state index contributed by atoms with van der Waals surface area (Å²) in [7, 11) is 1.63. The molecular formula is C22H22N2O2. The second-order valence-corrected chi connectivity index (χ2v) is 6.24. The van der Waals surface area contributed by atoms with Crippen molar-refractivity contribution in [2.45, 2.75) is 20.8 Å². The van der Waals surface area contributed by atoms with Crippen LogP contribution in [0, 0.1) is 25.2 Å². The van der Waals surface area contributed by atoms with E-state index >= 15 is 0 Å². The number of nitriles is 1. The van der Waals surface area contributed by atoms with E-state index in [2.05, 4.69) is 12.6 Å². The fourth-order valence-corrected chi connectivity index (χ4v) is 3.19. The molecule has 4 heteroatoms. The van der Waals surface area contributed by atoms with Gasteiger partial charge in [-0.25, -0.2) is 4.79 Å². The van der Waals surface area contributed by atoms with E-state index in [4.69, 9.17) is 0 Å². The predicted octanol–water partition coefficient (Wildman–Crippen LogP) is 4.88. The molecule has 1 aromatic carbocycles. The summed E-state index contributed by atoms with van der Waals surface area (Å²) in [6.45, 7) is 9.81. The fourth-order valence-electron chi connectivity index (χ4n) is 3.19. The minimum atomic E-state index is -1.06. The molecule has 0 unspecified atom stereocenters. The van der Waals surface area contributed by atoms with Gasteiger partial charge in [-0.15, -0.1) is 0 Å². The fraction of sp³-hybridized carbons (Fsp3) is 0.182. The standard InChI is InChI=1S/C22H22N2O2/c1-6-17(19-14(2)8-7-9-15(19)3)11-10-16(4)20-18(12-23)13-24(5)21(20)22(25)26/h6-11,13H,1H2,2-5H3,(H,25,26)/b16-10+,17-11+. The van der Waals surface area contributed by atoms with Crippen LogP contribution in [0.5, 0.6) is 0 Å². The summed E-state index contributed by atoms with van der Waals surface area (Å²) >= 11 is 0. The zero-order valence-electron chi connectivity index (χ0n) is 15.5. The van der Waals surface area contributed by atoms with Crippen LogP contribution in [0.2, 0.25) is 0 Å². The lowest BCUT2D eigenvalue weighted by atomic mass is 9.94. The Hall–Kier alpha value is -3.32. The molecule has 0 aliphatic carbocycles. The molecule has 0 saturated heterocycles. The van der Waals surface area contributed by atoms with Crippen LogP contribution in [-0.2, 0) is 7.05 Å². The van der Waals surface area contributed by atoms with E-state index in [1.807, 2.05) is 51.1 Å². The molecule has 4 nitrogen and oxygen atoms in total. The normalized spacial score (nSPS) is 12.0. The summed E-state index contributed by atoms with van der Waals surface area (Å²) in [6, 6.07) is 8.18. The van der Waals surface area contributed by atoms with Gasteiger partial charge < -0.3 is 9.67 Å². The van der Waals surface area contributed by atoms with Crippen molar-refractivity contribution >= 4 is 17.1 Å². The summed E-state index contributed by atoms with van der Waals surface area (Å²) in [4.78, 5) is 11.6. The van der Waals surface area contributed by atoms with Crippen molar-refractivity contribution in [3.05, 3.63) is 82.7 Å². The van der Waals surface area contributed by atoms with E-state index in [1.54, 1.807) is 19.3 Å². The smallest absolute Gasteiger partial charge is 0.353 e. The summed E-state index contributed by atoms with van der Waals surface area (Å²) < 4.78 is 1.47. The lowest BCUT2D eigenvalue weighted by Crippen LogP contribution is -2.06. The van der Waals surface area contributed by atoms with Gasteiger partial charge in [-0.1, -0.05) is 43.0 Å². The number of rotatable bonds is 5. The third-order valence-corrected chi connectivity index (χ3v) is 4.40. The molecule has 0 fully saturated rings. The second kappa shape index (κ2) is 7.71. The summed E-state index contributed by atoms with van der Waals surface area (Å²) in [5.41, 5.74) is 5.96. The minimum absolute atomic E-state index is 0.107. The molecule has 132 valence electrons. The van der Waals surface area contributed by atoms with Gasteiger partial charge in [0, 0.05) is 18.8 Å². The molecule has 0 amide bonds. The van der Waals surface area contributed by atoms with Gasteiger partial charge in [-0.05, 0) is 48.6 Å². The Labute approximate surface area is 154 Å². The number of nitrogens with zero attached hydrogens (tertiary/aromatic N) is 2. The lowest BCUT2D eigenvalue weighted by Gasteiger charge is -2.10. The Morgan fingerprint density at radius 3 is 2.35 bits per heavy atom. The molecule has 0 aliphatic heterocycles. The van der Waals surface area contributed by atoms with E-state index in [1.165, 1.54) is 4.57 Å². The van der Waals surface area contributed by atoms with Crippen LogP contribution in [0.1, 0.15) is 45.2 Å². The third-order valence-electron chi connectivity index (χ3n) is 4.40. The number of aryl methyl sites for hydroxylation is 3. The molecular weight excluding hydrogens is 324 g/mol. The molecule has 1 N–H and O–H groups in total. The summed E-state index contributed by atoms with van der Waals surface area (Å²) in [5.74, 6) is -1.06. The molecule has 0 atom stereocenters. The SMILES string of the molecule is C=C/C(=C\C=C(/C)c1c(C#N)cn(C)c1C(=O)O)c1c(C)cccc1C. The van der Waals surface area contributed by atoms with Gasteiger partial charge in [0.2, 0.25) is 0 Å². The van der Waals surface area contributed by atoms with Crippen molar-refractivity contribution in [2.75, 3.05) is 0 Å². The van der Waals surface area contributed by atoms with Gasteiger partial charge in [0.1, 0.15) is 11.8 Å².